The highest BCUT2D eigenvalue weighted by Gasteiger charge is 2.22. The average molecular weight is 188 g/mol. The molecule has 0 radical (unpaired) electrons. The van der Waals surface area contributed by atoms with Gasteiger partial charge in [0.1, 0.15) is 0 Å². The number of hydrogen-bond donors (Lipinski definition) is 2. The lowest BCUT2D eigenvalue weighted by atomic mass is 10.1. The van der Waals surface area contributed by atoms with Crippen molar-refractivity contribution in [2.75, 3.05) is 13.6 Å². The van der Waals surface area contributed by atoms with Gasteiger partial charge in [-0.1, -0.05) is 6.92 Å². The Morgan fingerprint density at radius 2 is 2.08 bits per heavy atom. The Balaban J connectivity index is 4.12. The van der Waals surface area contributed by atoms with E-state index in [9.17, 15) is 9.90 Å². The molecule has 0 aromatic heterocycles. The highest BCUT2D eigenvalue weighted by Crippen LogP contribution is 2.04. The molecule has 4 heteroatoms. The van der Waals surface area contributed by atoms with Crippen molar-refractivity contribution in [2.45, 2.75) is 38.8 Å². The summed E-state index contributed by atoms with van der Waals surface area (Å²) in [5.41, 5.74) is 4.70. The lowest BCUT2D eigenvalue weighted by molar-refractivity contribution is -0.134. The van der Waals surface area contributed by atoms with Crippen molar-refractivity contribution in [3.63, 3.8) is 0 Å². The SMILES string of the molecule is CC[C@@H](N)C(=O)N(C)CC(C)(C)O. The van der Waals surface area contributed by atoms with Gasteiger partial charge in [-0.05, 0) is 20.3 Å². The molecule has 4 nitrogen and oxygen atoms in total. The number of amides is 1. The molecule has 0 saturated heterocycles. The average Bonchev–Trinajstić information content (AvgIpc) is 1.98. The van der Waals surface area contributed by atoms with Gasteiger partial charge in [0.25, 0.3) is 0 Å². The summed E-state index contributed by atoms with van der Waals surface area (Å²) < 4.78 is 0. The van der Waals surface area contributed by atoms with E-state index >= 15 is 0 Å². The number of aliphatic hydroxyl groups is 1. The molecular formula is C9H20N2O2. The van der Waals surface area contributed by atoms with Crippen LogP contribution in [-0.2, 0) is 4.79 Å². The van der Waals surface area contributed by atoms with E-state index in [1.807, 2.05) is 6.92 Å². The van der Waals surface area contributed by atoms with Gasteiger partial charge >= 0.3 is 0 Å². The van der Waals surface area contributed by atoms with E-state index in [-0.39, 0.29) is 5.91 Å². The van der Waals surface area contributed by atoms with Gasteiger partial charge in [0.05, 0.1) is 11.6 Å². The van der Waals surface area contributed by atoms with Crippen molar-refractivity contribution in [1.29, 1.82) is 0 Å². The second-order valence-corrected chi connectivity index (χ2v) is 4.02. The summed E-state index contributed by atoms with van der Waals surface area (Å²) in [5, 5.41) is 9.46. The first-order valence-electron chi connectivity index (χ1n) is 4.51. The highest BCUT2D eigenvalue weighted by molar-refractivity contribution is 5.81. The summed E-state index contributed by atoms with van der Waals surface area (Å²) >= 11 is 0. The number of nitrogens with zero attached hydrogens (tertiary/aromatic N) is 1. The zero-order valence-corrected chi connectivity index (χ0v) is 8.87. The van der Waals surface area contributed by atoms with E-state index in [0.29, 0.717) is 13.0 Å². The van der Waals surface area contributed by atoms with Crippen LogP contribution < -0.4 is 5.73 Å². The molecule has 0 aliphatic heterocycles. The van der Waals surface area contributed by atoms with E-state index in [1.54, 1.807) is 20.9 Å². The molecule has 0 unspecified atom stereocenters. The minimum atomic E-state index is -0.863. The van der Waals surface area contributed by atoms with Crippen LogP contribution >= 0.6 is 0 Å². The second-order valence-electron chi connectivity index (χ2n) is 4.02. The third-order valence-electron chi connectivity index (χ3n) is 1.76. The summed E-state index contributed by atoms with van der Waals surface area (Å²) in [6.07, 6.45) is 0.620. The van der Waals surface area contributed by atoms with Gasteiger partial charge in [0.15, 0.2) is 0 Å². The third kappa shape index (κ3) is 4.85. The van der Waals surface area contributed by atoms with Crippen LogP contribution in [0, 0.1) is 0 Å². The summed E-state index contributed by atoms with van der Waals surface area (Å²) in [4.78, 5) is 12.9. The van der Waals surface area contributed by atoms with Gasteiger partial charge in [-0.25, -0.2) is 0 Å². The number of likely N-dealkylation sites (N-methyl/N-ethyl adjacent to an activating group) is 1. The fourth-order valence-corrected chi connectivity index (χ4v) is 1.12. The molecular weight excluding hydrogens is 168 g/mol. The van der Waals surface area contributed by atoms with Gasteiger partial charge in [0, 0.05) is 13.6 Å². The minimum Gasteiger partial charge on any atom is -0.389 e. The molecule has 0 aliphatic rings. The van der Waals surface area contributed by atoms with Gasteiger partial charge in [-0.2, -0.15) is 0 Å². The summed E-state index contributed by atoms with van der Waals surface area (Å²) in [6, 6.07) is -0.452. The van der Waals surface area contributed by atoms with Crippen LogP contribution in [0.15, 0.2) is 0 Å². The zero-order chi connectivity index (χ0) is 10.6. The van der Waals surface area contributed by atoms with Crippen LogP contribution in [0.4, 0.5) is 0 Å². The smallest absolute Gasteiger partial charge is 0.239 e. The Morgan fingerprint density at radius 3 is 2.38 bits per heavy atom. The Hall–Kier alpha value is -0.610. The standard InChI is InChI=1S/C9H20N2O2/c1-5-7(10)8(12)11(4)6-9(2,3)13/h7,13H,5-6,10H2,1-4H3/t7-/m1/s1. The fraction of sp³-hybridized carbons (Fsp3) is 0.889. The Bertz CT molecular complexity index is 175. The van der Waals surface area contributed by atoms with Crippen LogP contribution in [-0.4, -0.2) is 41.1 Å². The molecule has 78 valence electrons. The first-order valence-corrected chi connectivity index (χ1v) is 4.51. The minimum absolute atomic E-state index is 0.121. The Kier molecular flexibility index (Phi) is 4.36. The summed E-state index contributed by atoms with van der Waals surface area (Å²) in [7, 11) is 1.65. The number of rotatable bonds is 4. The largest absolute Gasteiger partial charge is 0.389 e. The first kappa shape index (κ1) is 12.4. The summed E-state index contributed by atoms with van der Waals surface area (Å²) in [5.74, 6) is -0.121. The van der Waals surface area contributed by atoms with E-state index in [2.05, 4.69) is 0 Å². The molecule has 0 heterocycles. The molecule has 1 amide bonds. The van der Waals surface area contributed by atoms with Crippen molar-refractivity contribution in [3.8, 4) is 0 Å². The topological polar surface area (TPSA) is 66.6 Å². The van der Waals surface area contributed by atoms with Crippen LogP contribution in [0.3, 0.4) is 0 Å². The lowest BCUT2D eigenvalue weighted by Crippen LogP contribution is -2.46. The van der Waals surface area contributed by atoms with Crippen LogP contribution in [0.1, 0.15) is 27.2 Å². The quantitative estimate of drug-likeness (QED) is 0.650. The van der Waals surface area contributed by atoms with Crippen molar-refractivity contribution >= 4 is 5.91 Å². The van der Waals surface area contributed by atoms with Crippen LogP contribution in [0.2, 0.25) is 0 Å². The maximum absolute atomic E-state index is 11.4. The van der Waals surface area contributed by atoms with Gasteiger partial charge in [-0.15, -0.1) is 0 Å². The van der Waals surface area contributed by atoms with Gasteiger partial charge < -0.3 is 15.7 Å². The second kappa shape index (κ2) is 4.58. The molecule has 0 aromatic rings. The van der Waals surface area contributed by atoms with Crippen LogP contribution in [0.25, 0.3) is 0 Å². The summed E-state index contributed by atoms with van der Waals surface area (Å²) in [6.45, 7) is 5.49. The van der Waals surface area contributed by atoms with Gasteiger partial charge in [0.2, 0.25) is 5.91 Å². The number of hydrogen-bond acceptors (Lipinski definition) is 3. The maximum Gasteiger partial charge on any atom is 0.239 e. The van der Waals surface area contributed by atoms with Crippen molar-refractivity contribution in [1.82, 2.24) is 4.90 Å². The fourth-order valence-electron chi connectivity index (χ4n) is 1.12. The predicted molar refractivity (Wildman–Crippen MR) is 52.2 cm³/mol. The van der Waals surface area contributed by atoms with E-state index in [1.165, 1.54) is 4.90 Å². The van der Waals surface area contributed by atoms with Crippen molar-refractivity contribution in [2.24, 2.45) is 5.73 Å². The van der Waals surface area contributed by atoms with Crippen molar-refractivity contribution in [3.05, 3.63) is 0 Å². The molecule has 0 fully saturated rings. The molecule has 0 spiro atoms. The maximum atomic E-state index is 11.4. The normalized spacial score (nSPS) is 14.0. The van der Waals surface area contributed by atoms with Gasteiger partial charge in [-0.3, -0.25) is 4.79 Å². The Morgan fingerprint density at radius 1 is 1.62 bits per heavy atom. The lowest BCUT2D eigenvalue weighted by Gasteiger charge is -2.27. The molecule has 1 atom stereocenters. The molecule has 0 rings (SSSR count). The third-order valence-corrected chi connectivity index (χ3v) is 1.76. The molecule has 0 aliphatic carbocycles. The monoisotopic (exact) mass is 188 g/mol. The molecule has 13 heavy (non-hydrogen) atoms. The van der Waals surface area contributed by atoms with Crippen LogP contribution in [0.5, 0.6) is 0 Å². The van der Waals surface area contributed by atoms with Crippen molar-refractivity contribution < 1.29 is 9.90 Å². The number of nitrogens with two attached hydrogens (primary N) is 1. The van der Waals surface area contributed by atoms with E-state index < -0.39 is 11.6 Å². The van der Waals surface area contributed by atoms with E-state index in [0.717, 1.165) is 0 Å². The van der Waals surface area contributed by atoms with E-state index in [4.69, 9.17) is 5.73 Å². The number of carbonyl (C=O) groups excluding carboxylic acids is 1. The molecule has 0 bridgehead atoms. The molecule has 0 saturated carbocycles. The highest BCUT2D eigenvalue weighted by atomic mass is 16.3. The first-order chi connectivity index (χ1) is 5.78. The number of carbonyl (C=O) groups is 1. The molecule has 3 N–H and O–H groups in total. The Labute approximate surface area is 79.7 Å². The zero-order valence-electron chi connectivity index (χ0n) is 8.87. The molecule has 0 aromatic carbocycles. The predicted octanol–water partition coefficient (Wildman–Crippen LogP) is -0.0470.